The lowest BCUT2D eigenvalue weighted by atomic mass is 10.1. The van der Waals surface area contributed by atoms with Crippen molar-refractivity contribution in [1.29, 1.82) is 0 Å². The van der Waals surface area contributed by atoms with Gasteiger partial charge < -0.3 is 9.88 Å². The monoisotopic (exact) mass is 227 g/mol. The third-order valence-electron chi connectivity index (χ3n) is 3.36. The molecular weight excluding hydrogens is 210 g/mol. The highest BCUT2D eigenvalue weighted by atomic mass is 15.1. The molecule has 0 amide bonds. The number of nitrogens with one attached hydrogen (secondary N) is 1. The van der Waals surface area contributed by atoms with Crippen molar-refractivity contribution in [1.82, 2.24) is 14.9 Å². The van der Waals surface area contributed by atoms with Crippen molar-refractivity contribution in [3.05, 3.63) is 48.0 Å². The molecule has 0 bridgehead atoms. The molecule has 0 spiro atoms. The van der Waals surface area contributed by atoms with Gasteiger partial charge in [-0.15, -0.1) is 0 Å². The predicted octanol–water partition coefficient (Wildman–Crippen LogP) is 2.61. The number of hydrogen-bond acceptors (Lipinski definition) is 2. The van der Waals surface area contributed by atoms with Gasteiger partial charge in [0.2, 0.25) is 0 Å². The molecule has 17 heavy (non-hydrogen) atoms. The second-order valence-corrected chi connectivity index (χ2v) is 4.68. The zero-order chi connectivity index (χ0) is 11.7. The van der Waals surface area contributed by atoms with Crippen LogP contribution in [0.15, 0.2) is 36.8 Å². The first-order valence-corrected chi connectivity index (χ1v) is 6.17. The zero-order valence-corrected chi connectivity index (χ0v) is 10.1. The third-order valence-corrected chi connectivity index (χ3v) is 3.36. The van der Waals surface area contributed by atoms with E-state index in [0.29, 0.717) is 6.04 Å². The largest absolute Gasteiger partial charge is 0.309 e. The van der Waals surface area contributed by atoms with E-state index in [1.165, 1.54) is 29.8 Å². The van der Waals surface area contributed by atoms with Crippen LogP contribution in [-0.4, -0.2) is 16.1 Å². The van der Waals surface area contributed by atoms with E-state index >= 15 is 0 Å². The molecule has 1 atom stereocenters. The minimum Gasteiger partial charge on any atom is -0.309 e. The van der Waals surface area contributed by atoms with Crippen molar-refractivity contribution in [2.24, 2.45) is 0 Å². The number of hydrogen-bond donors (Lipinski definition) is 1. The first-order valence-electron chi connectivity index (χ1n) is 6.17. The molecule has 1 N–H and O–H groups in total. The maximum atomic E-state index is 4.30. The van der Waals surface area contributed by atoms with Gasteiger partial charge in [0.15, 0.2) is 0 Å². The molecule has 1 unspecified atom stereocenters. The van der Waals surface area contributed by atoms with Crippen molar-refractivity contribution in [2.45, 2.75) is 25.8 Å². The number of rotatable bonds is 2. The Morgan fingerprint density at radius 3 is 3.12 bits per heavy atom. The molecule has 0 aliphatic carbocycles. The van der Waals surface area contributed by atoms with Crippen LogP contribution in [0.1, 0.15) is 30.1 Å². The minimum atomic E-state index is 0.456. The number of benzene rings is 1. The fraction of sp³-hybridized carbons (Fsp3) is 0.357. The van der Waals surface area contributed by atoms with Gasteiger partial charge in [-0.25, -0.2) is 4.98 Å². The molecule has 3 heteroatoms. The lowest BCUT2D eigenvalue weighted by molar-refractivity contribution is 0.615. The van der Waals surface area contributed by atoms with Gasteiger partial charge in [0, 0.05) is 11.7 Å². The molecule has 3 nitrogen and oxygen atoms in total. The van der Waals surface area contributed by atoms with Crippen LogP contribution in [0.3, 0.4) is 0 Å². The second-order valence-electron chi connectivity index (χ2n) is 4.68. The summed E-state index contributed by atoms with van der Waals surface area (Å²) in [6, 6.07) is 9.00. The Balaban J connectivity index is 2.00. The number of nitrogens with zero attached hydrogens (tertiary/aromatic N) is 2. The summed E-state index contributed by atoms with van der Waals surface area (Å²) in [6.45, 7) is 3.23. The molecule has 0 radical (unpaired) electrons. The minimum absolute atomic E-state index is 0.456. The Morgan fingerprint density at radius 2 is 2.35 bits per heavy atom. The number of aromatic nitrogens is 2. The van der Waals surface area contributed by atoms with Gasteiger partial charge in [-0.3, -0.25) is 0 Å². The van der Waals surface area contributed by atoms with Gasteiger partial charge >= 0.3 is 0 Å². The highest BCUT2D eigenvalue weighted by Crippen LogP contribution is 2.25. The van der Waals surface area contributed by atoms with E-state index in [-0.39, 0.29) is 0 Å². The van der Waals surface area contributed by atoms with Gasteiger partial charge in [-0.2, -0.15) is 0 Å². The quantitative estimate of drug-likeness (QED) is 0.854. The summed E-state index contributed by atoms with van der Waals surface area (Å²) in [5, 5.41) is 3.52. The number of aryl methyl sites for hydroxylation is 1. The Hall–Kier alpha value is -1.61. The van der Waals surface area contributed by atoms with Crippen LogP contribution < -0.4 is 5.32 Å². The zero-order valence-electron chi connectivity index (χ0n) is 10.1. The van der Waals surface area contributed by atoms with Gasteiger partial charge in [-0.05, 0) is 44.0 Å². The summed E-state index contributed by atoms with van der Waals surface area (Å²) in [6.07, 6.45) is 6.34. The second kappa shape index (κ2) is 4.34. The van der Waals surface area contributed by atoms with Crippen LogP contribution in [0.25, 0.3) is 5.69 Å². The fourth-order valence-corrected chi connectivity index (χ4v) is 2.49. The topological polar surface area (TPSA) is 29.9 Å². The highest BCUT2D eigenvalue weighted by Gasteiger charge is 2.20. The first-order chi connectivity index (χ1) is 8.34. The van der Waals surface area contributed by atoms with Gasteiger partial charge in [0.05, 0.1) is 18.2 Å². The fourth-order valence-electron chi connectivity index (χ4n) is 2.49. The molecule has 1 aromatic heterocycles. The van der Waals surface area contributed by atoms with Crippen molar-refractivity contribution < 1.29 is 0 Å². The van der Waals surface area contributed by atoms with Crippen LogP contribution in [0.4, 0.5) is 0 Å². The first kappa shape index (κ1) is 10.5. The average Bonchev–Trinajstić information content (AvgIpc) is 3.00. The summed E-state index contributed by atoms with van der Waals surface area (Å²) in [5.41, 5.74) is 3.75. The van der Waals surface area contributed by atoms with E-state index in [2.05, 4.69) is 46.1 Å². The van der Waals surface area contributed by atoms with Crippen LogP contribution in [0.5, 0.6) is 0 Å². The SMILES string of the molecule is Cc1cccc(-n2cncc2C2CCCN2)c1. The van der Waals surface area contributed by atoms with Crippen molar-refractivity contribution in [2.75, 3.05) is 6.54 Å². The lowest BCUT2D eigenvalue weighted by Gasteiger charge is -2.14. The van der Waals surface area contributed by atoms with Gasteiger partial charge in [0.1, 0.15) is 0 Å². The van der Waals surface area contributed by atoms with E-state index in [0.717, 1.165) is 6.54 Å². The molecule has 1 saturated heterocycles. The van der Waals surface area contributed by atoms with E-state index in [1.54, 1.807) is 0 Å². The van der Waals surface area contributed by atoms with Crippen molar-refractivity contribution in [3.8, 4) is 5.69 Å². The van der Waals surface area contributed by atoms with Crippen molar-refractivity contribution in [3.63, 3.8) is 0 Å². The van der Waals surface area contributed by atoms with Crippen LogP contribution in [0.2, 0.25) is 0 Å². The highest BCUT2D eigenvalue weighted by molar-refractivity contribution is 5.37. The van der Waals surface area contributed by atoms with E-state index in [1.807, 2.05) is 12.5 Å². The van der Waals surface area contributed by atoms with Gasteiger partial charge in [0.25, 0.3) is 0 Å². The molecule has 1 fully saturated rings. The Bertz CT molecular complexity index is 510. The summed E-state index contributed by atoms with van der Waals surface area (Å²) in [4.78, 5) is 4.30. The standard InChI is InChI=1S/C14H17N3/c1-11-4-2-5-12(8-11)17-10-15-9-14(17)13-6-3-7-16-13/h2,4-5,8-10,13,16H,3,6-7H2,1H3. The molecular formula is C14H17N3. The molecule has 3 rings (SSSR count). The summed E-state index contributed by atoms with van der Waals surface area (Å²) in [7, 11) is 0. The molecule has 88 valence electrons. The summed E-state index contributed by atoms with van der Waals surface area (Å²) in [5.74, 6) is 0. The van der Waals surface area contributed by atoms with Crippen molar-refractivity contribution >= 4 is 0 Å². The Morgan fingerprint density at radius 1 is 1.41 bits per heavy atom. The maximum absolute atomic E-state index is 4.30. The molecule has 2 aromatic rings. The van der Waals surface area contributed by atoms with Gasteiger partial charge in [-0.1, -0.05) is 12.1 Å². The third kappa shape index (κ3) is 1.98. The summed E-state index contributed by atoms with van der Waals surface area (Å²) < 4.78 is 2.19. The molecule has 0 saturated carbocycles. The maximum Gasteiger partial charge on any atom is 0.0994 e. The normalized spacial score (nSPS) is 19.7. The van der Waals surface area contributed by atoms with E-state index in [4.69, 9.17) is 0 Å². The molecule has 2 heterocycles. The Labute approximate surface area is 101 Å². The van der Waals surface area contributed by atoms with E-state index in [9.17, 15) is 0 Å². The van der Waals surface area contributed by atoms with Crippen LogP contribution in [-0.2, 0) is 0 Å². The number of imidazole rings is 1. The Kier molecular flexibility index (Phi) is 2.69. The van der Waals surface area contributed by atoms with E-state index < -0.39 is 0 Å². The average molecular weight is 227 g/mol. The lowest BCUT2D eigenvalue weighted by Crippen LogP contribution is -2.16. The molecule has 1 aliphatic heterocycles. The predicted molar refractivity (Wildman–Crippen MR) is 68.3 cm³/mol. The smallest absolute Gasteiger partial charge is 0.0994 e. The van der Waals surface area contributed by atoms with Crippen LogP contribution >= 0.6 is 0 Å². The summed E-state index contributed by atoms with van der Waals surface area (Å²) >= 11 is 0. The molecule has 1 aliphatic rings. The van der Waals surface area contributed by atoms with Crippen LogP contribution in [0, 0.1) is 6.92 Å². The molecule has 1 aromatic carbocycles.